The number of aryl methyl sites for hydroxylation is 2. The van der Waals surface area contributed by atoms with Crippen LogP contribution in [0, 0.1) is 19.7 Å². The smallest absolute Gasteiger partial charge is 0.282 e. The van der Waals surface area contributed by atoms with Crippen LogP contribution in [0.15, 0.2) is 90.6 Å². The van der Waals surface area contributed by atoms with Crippen LogP contribution in [0.2, 0.25) is 0 Å². The monoisotopic (exact) mass is 436 g/mol. The lowest BCUT2D eigenvalue weighted by Crippen LogP contribution is -2.32. The minimum absolute atomic E-state index is 0.174. The fourth-order valence-electron chi connectivity index (χ4n) is 4.31. The summed E-state index contributed by atoms with van der Waals surface area (Å²) >= 11 is 0. The number of benzene rings is 4. The number of nitrogens with zero attached hydrogens (tertiary/aromatic N) is 1. The summed E-state index contributed by atoms with van der Waals surface area (Å²) in [6, 6.07) is 24.8. The van der Waals surface area contributed by atoms with Crippen LogP contribution in [-0.2, 0) is 9.59 Å². The molecule has 0 atom stereocenters. The summed E-state index contributed by atoms with van der Waals surface area (Å²) < 4.78 is 13.9. The van der Waals surface area contributed by atoms with Crippen molar-refractivity contribution in [1.82, 2.24) is 0 Å². The Labute approximate surface area is 191 Å². The van der Waals surface area contributed by atoms with Gasteiger partial charge in [-0.05, 0) is 54.6 Å². The molecule has 0 aliphatic carbocycles. The van der Waals surface area contributed by atoms with Gasteiger partial charge in [0.2, 0.25) is 0 Å². The van der Waals surface area contributed by atoms with Gasteiger partial charge in [0.05, 0.1) is 11.3 Å². The molecule has 1 aliphatic heterocycles. The molecule has 162 valence electrons. The van der Waals surface area contributed by atoms with E-state index in [0.29, 0.717) is 11.3 Å². The number of imide groups is 1. The van der Waals surface area contributed by atoms with Crippen molar-refractivity contribution < 1.29 is 14.0 Å². The molecule has 0 saturated heterocycles. The van der Waals surface area contributed by atoms with E-state index in [1.165, 1.54) is 18.2 Å². The number of anilines is 2. The topological polar surface area (TPSA) is 49.4 Å². The zero-order valence-corrected chi connectivity index (χ0v) is 18.2. The Morgan fingerprint density at radius 2 is 1.55 bits per heavy atom. The summed E-state index contributed by atoms with van der Waals surface area (Å²) in [6.45, 7) is 3.88. The predicted octanol–water partition coefficient (Wildman–Crippen LogP) is 5.99. The van der Waals surface area contributed by atoms with Crippen molar-refractivity contribution in [2.24, 2.45) is 0 Å². The van der Waals surface area contributed by atoms with E-state index in [-0.39, 0.29) is 17.0 Å². The highest BCUT2D eigenvalue weighted by Crippen LogP contribution is 2.36. The SMILES string of the molecule is Cc1ccc(C2=C(Nc3cccc4ccccc34)C(=O)N(c3cccc(F)c3)C2=O)c(C)c1. The lowest BCUT2D eigenvalue weighted by molar-refractivity contribution is -0.120. The Balaban J connectivity index is 1.69. The highest BCUT2D eigenvalue weighted by Gasteiger charge is 2.41. The van der Waals surface area contributed by atoms with Crippen LogP contribution in [0.1, 0.15) is 16.7 Å². The van der Waals surface area contributed by atoms with E-state index in [1.54, 1.807) is 6.07 Å². The number of hydrogen-bond acceptors (Lipinski definition) is 3. The Morgan fingerprint density at radius 1 is 0.788 bits per heavy atom. The van der Waals surface area contributed by atoms with Gasteiger partial charge in [0, 0.05) is 11.1 Å². The fourth-order valence-corrected chi connectivity index (χ4v) is 4.31. The molecule has 5 rings (SSSR count). The second-order valence-corrected chi connectivity index (χ2v) is 8.15. The molecule has 33 heavy (non-hydrogen) atoms. The highest BCUT2D eigenvalue weighted by atomic mass is 19.1. The maximum absolute atomic E-state index is 13.9. The Bertz CT molecular complexity index is 1470. The van der Waals surface area contributed by atoms with Crippen LogP contribution in [0.4, 0.5) is 15.8 Å². The van der Waals surface area contributed by atoms with Gasteiger partial charge < -0.3 is 5.32 Å². The summed E-state index contributed by atoms with van der Waals surface area (Å²) in [6.07, 6.45) is 0. The van der Waals surface area contributed by atoms with E-state index in [0.717, 1.165) is 26.8 Å². The van der Waals surface area contributed by atoms with Crippen molar-refractivity contribution in [1.29, 1.82) is 0 Å². The number of carbonyl (C=O) groups excluding carboxylic acids is 2. The van der Waals surface area contributed by atoms with Gasteiger partial charge in [-0.25, -0.2) is 9.29 Å². The Kier molecular flexibility index (Phi) is 5.02. The molecule has 4 aromatic carbocycles. The molecular formula is C28H21FN2O2. The molecule has 0 spiro atoms. The van der Waals surface area contributed by atoms with Crippen LogP contribution in [0.3, 0.4) is 0 Å². The molecule has 0 radical (unpaired) electrons. The molecule has 5 heteroatoms. The normalized spacial score (nSPS) is 13.8. The molecule has 0 aromatic heterocycles. The number of amides is 2. The summed E-state index contributed by atoms with van der Waals surface area (Å²) in [5.74, 6) is -1.52. The summed E-state index contributed by atoms with van der Waals surface area (Å²) in [4.78, 5) is 28.2. The first-order chi connectivity index (χ1) is 15.9. The van der Waals surface area contributed by atoms with Crippen molar-refractivity contribution in [3.05, 3.63) is 113 Å². The third kappa shape index (κ3) is 3.57. The lowest BCUT2D eigenvalue weighted by atomic mass is 9.97. The van der Waals surface area contributed by atoms with Crippen molar-refractivity contribution >= 4 is 39.5 Å². The molecule has 1 aliphatic rings. The van der Waals surface area contributed by atoms with Crippen molar-refractivity contribution in [2.75, 3.05) is 10.2 Å². The standard InChI is InChI=1S/C28H21FN2O2/c1-17-13-14-22(18(2)15-17)25-26(30-24-12-5-8-19-7-3-4-11-23(19)24)28(33)31(27(25)32)21-10-6-9-20(29)16-21/h3-16,30H,1-2H3. The molecule has 4 aromatic rings. The van der Waals surface area contributed by atoms with Crippen LogP contribution >= 0.6 is 0 Å². The van der Waals surface area contributed by atoms with Crippen LogP contribution in [-0.4, -0.2) is 11.8 Å². The maximum Gasteiger partial charge on any atom is 0.282 e. The second-order valence-electron chi connectivity index (χ2n) is 8.15. The second kappa shape index (κ2) is 8.02. The zero-order valence-electron chi connectivity index (χ0n) is 18.2. The fraction of sp³-hybridized carbons (Fsp3) is 0.0714. The molecule has 0 fully saturated rings. The van der Waals surface area contributed by atoms with Crippen molar-refractivity contribution in [3.8, 4) is 0 Å². The van der Waals surface area contributed by atoms with Crippen molar-refractivity contribution in [2.45, 2.75) is 13.8 Å². The Morgan fingerprint density at radius 3 is 2.33 bits per heavy atom. The molecule has 0 unspecified atom stereocenters. The first-order valence-electron chi connectivity index (χ1n) is 10.6. The van der Waals surface area contributed by atoms with Gasteiger partial charge >= 0.3 is 0 Å². The third-order valence-electron chi connectivity index (χ3n) is 5.85. The van der Waals surface area contributed by atoms with Gasteiger partial charge in [0.15, 0.2) is 0 Å². The molecule has 0 bridgehead atoms. The van der Waals surface area contributed by atoms with E-state index in [9.17, 15) is 14.0 Å². The number of hydrogen-bond donors (Lipinski definition) is 1. The van der Waals surface area contributed by atoms with E-state index >= 15 is 0 Å². The maximum atomic E-state index is 13.9. The first kappa shape index (κ1) is 20.6. The van der Waals surface area contributed by atoms with Gasteiger partial charge in [-0.15, -0.1) is 0 Å². The molecule has 0 saturated carbocycles. The number of rotatable bonds is 4. The predicted molar refractivity (Wildman–Crippen MR) is 129 cm³/mol. The van der Waals surface area contributed by atoms with E-state index < -0.39 is 17.6 Å². The van der Waals surface area contributed by atoms with Gasteiger partial charge in [0.1, 0.15) is 11.5 Å². The largest absolute Gasteiger partial charge is 0.350 e. The molecule has 1 N–H and O–H groups in total. The van der Waals surface area contributed by atoms with Gasteiger partial charge in [-0.2, -0.15) is 0 Å². The van der Waals surface area contributed by atoms with Gasteiger partial charge in [-0.3, -0.25) is 9.59 Å². The minimum Gasteiger partial charge on any atom is -0.350 e. The first-order valence-corrected chi connectivity index (χ1v) is 10.6. The Hall–Kier alpha value is -4.25. The molecule has 4 nitrogen and oxygen atoms in total. The van der Waals surface area contributed by atoms with Gasteiger partial charge in [-0.1, -0.05) is 66.2 Å². The average molecular weight is 436 g/mol. The quantitative estimate of drug-likeness (QED) is 0.400. The van der Waals surface area contributed by atoms with Crippen LogP contribution in [0.25, 0.3) is 16.3 Å². The van der Waals surface area contributed by atoms with Crippen molar-refractivity contribution in [3.63, 3.8) is 0 Å². The lowest BCUT2D eigenvalue weighted by Gasteiger charge is -2.16. The molecular weight excluding hydrogens is 415 g/mol. The average Bonchev–Trinajstić information content (AvgIpc) is 3.03. The minimum atomic E-state index is -0.520. The summed E-state index contributed by atoms with van der Waals surface area (Å²) in [5, 5.41) is 5.18. The van der Waals surface area contributed by atoms with E-state index in [2.05, 4.69) is 5.32 Å². The number of halogens is 1. The summed E-state index contributed by atoms with van der Waals surface area (Å²) in [7, 11) is 0. The molecule has 1 heterocycles. The van der Waals surface area contributed by atoms with E-state index in [1.807, 2.05) is 74.5 Å². The van der Waals surface area contributed by atoms with Crippen LogP contribution in [0.5, 0.6) is 0 Å². The van der Waals surface area contributed by atoms with Crippen LogP contribution < -0.4 is 10.2 Å². The summed E-state index contributed by atoms with van der Waals surface area (Å²) in [5.41, 5.74) is 3.96. The van der Waals surface area contributed by atoms with Gasteiger partial charge in [0.25, 0.3) is 11.8 Å². The van der Waals surface area contributed by atoms with E-state index in [4.69, 9.17) is 0 Å². The number of fused-ring (bicyclic) bond motifs is 1. The number of nitrogens with one attached hydrogen (secondary N) is 1. The zero-order chi connectivity index (χ0) is 23.1. The number of carbonyl (C=O) groups is 2. The third-order valence-corrected chi connectivity index (χ3v) is 5.85. The molecule has 2 amide bonds. The highest BCUT2D eigenvalue weighted by molar-refractivity contribution is 6.46.